The highest BCUT2D eigenvalue weighted by Crippen LogP contribution is 2.11. The topological polar surface area (TPSA) is 37.6 Å². The standard InChI is InChI=1S/C15H17N3OS/c19-15(14-5-3-11-20-14)18-9-7-17(8-10-18)12-13-4-1-2-6-16-13/h1-6,11H,7-10,12H2/p+1. The van der Waals surface area contributed by atoms with Crippen LogP contribution in [0.3, 0.4) is 0 Å². The highest BCUT2D eigenvalue weighted by atomic mass is 32.1. The maximum absolute atomic E-state index is 12.2. The number of nitrogens with zero attached hydrogens (tertiary/aromatic N) is 2. The molecule has 104 valence electrons. The third kappa shape index (κ3) is 3.05. The van der Waals surface area contributed by atoms with Gasteiger partial charge in [0.05, 0.1) is 36.8 Å². The molecule has 1 N–H and O–H groups in total. The van der Waals surface area contributed by atoms with E-state index in [9.17, 15) is 4.79 Å². The van der Waals surface area contributed by atoms with Gasteiger partial charge in [-0.3, -0.25) is 9.78 Å². The van der Waals surface area contributed by atoms with Gasteiger partial charge in [0.25, 0.3) is 5.91 Å². The van der Waals surface area contributed by atoms with Crippen molar-refractivity contribution in [3.63, 3.8) is 0 Å². The van der Waals surface area contributed by atoms with Crippen LogP contribution in [0.5, 0.6) is 0 Å². The van der Waals surface area contributed by atoms with E-state index in [2.05, 4.69) is 11.1 Å². The lowest BCUT2D eigenvalue weighted by molar-refractivity contribution is -0.917. The highest BCUT2D eigenvalue weighted by molar-refractivity contribution is 7.12. The second-order valence-corrected chi connectivity index (χ2v) is 5.97. The highest BCUT2D eigenvalue weighted by Gasteiger charge is 2.25. The van der Waals surface area contributed by atoms with E-state index >= 15 is 0 Å². The van der Waals surface area contributed by atoms with E-state index < -0.39 is 0 Å². The quantitative estimate of drug-likeness (QED) is 0.902. The fourth-order valence-corrected chi connectivity index (χ4v) is 3.21. The molecule has 3 rings (SSSR count). The summed E-state index contributed by atoms with van der Waals surface area (Å²) in [4.78, 5) is 20.9. The van der Waals surface area contributed by atoms with E-state index in [-0.39, 0.29) is 5.91 Å². The third-order valence-electron chi connectivity index (χ3n) is 3.65. The van der Waals surface area contributed by atoms with Crippen molar-refractivity contribution < 1.29 is 9.69 Å². The third-order valence-corrected chi connectivity index (χ3v) is 4.50. The van der Waals surface area contributed by atoms with E-state index in [0.29, 0.717) is 0 Å². The Morgan fingerprint density at radius 1 is 1.25 bits per heavy atom. The number of carbonyl (C=O) groups excluding carboxylic acids is 1. The van der Waals surface area contributed by atoms with Crippen LogP contribution in [0.4, 0.5) is 0 Å². The van der Waals surface area contributed by atoms with E-state index in [1.165, 1.54) is 16.2 Å². The summed E-state index contributed by atoms with van der Waals surface area (Å²) >= 11 is 1.52. The van der Waals surface area contributed by atoms with Crippen LogP contribution in [0.25, 0.3) is 0 Å². The molecule has 5 heteroatoms. The number of rotatable bonds is 3. The summed E-state index contributed by atoms with van der Waals surface area (Å²) in [5, 5.41) is 1.95. The van der Waals surface area contributed by atoms with Gasteiger partial charge in [-0.1, -0.05) is 12.1 Å². The number of carbonyl (C=O) groups is 1. The minimum atomic E-state index is 0.178. The zero-order valence-electron chi connectivity index (χ0n) is 11.3. The van der Waals surface area contributed by atoms with Crippen LogP contribution in [0.15, 0.2) is 41.9 Å². The van der Waals surface area contributed by atoms with Crippen LogP contribution in [-0.2, 0) is 6.54 Å². The van der Waals surface area contributed by atoms with Gasteiger partial charge in [-0.15, -0.1) is 11.3 Å². The lowest BCUT2D eigenvalue weighted by atomic mass is 10.2. The van der Waals surface area contributed by atoms with Gasteiger partial charge in [0.15, 0.2) is 0 Å². The average Bonchev–Trinajstić information content (AvgIpc) is 3.03. The first-order chi connectivity index (χ1) is 9.83. The zero-order chi connectivity index (χ0) is 13.8. The van der Waals surface area contributed by atoms with Crippen LogP contribution < -0.4 is 4.90 Å². The summed E-state index contributed by atoms with van der Waals surface area (Å²) in [6.45, 7) is 4.60. The molecule has 1 aliphatic rings. The molecule has 0 aromatic carbocycles. The molecule has 0 radical (unpaired) electrons. The van der Waals surface area contributed by atoms with Crippen LogP contribution in [0, 0.1) is 0 Å². The Labute approximate surface area is 122 Å². The minimum Gasteiger partial charge on any atom is -0.327 e. The van der Waals surface area contributed by atoms with Gasteiger partial charge < -0.3 is 9.80 Å². The molecule has 1 fully saturated rings. The predicted molar refractivity (Wildman–Crippen MR) is 78.9 cm³/mol. The van der Waals surface area contributed by atoms with Gasteiger partial charge in [0.1, 0.15) is 6.54 Å². The molecule has 0 unspecified atom stereocenters. The number of aromatic nitrogens is 1. The molecule has 4 nitrogen and oxygen atoms in total. The summed E-state index contributed by atoms with van der Waals surface area (Å²) in [6, 6.07) is 9.87. The Hall–Kier alpha value is -1.72. The molecule has 1 aliphatic heterocycles. The summed E-state index contributed by atoms with van der Waals surface area (Å²) in [6.07, 6.45) is 1.84. The number of amides is 1. The molecule has 0 aliphatic carbocycles. The lowest BCUT2D eigenvalue weighted by Gasteiger charge is -2.31. The van der Waals surface area contributed by atoms with Crippen LogP contribution in [-0.4, -0.2) is 42.0 Å². The average molecular weight is 288 g/mol. The van der Waals surface area contributed by atoms with Crippen molar-refractivity contribution in [3.05, 3.63) is 52.5 Å². The van der Waals surface area contributed by atoms with Crippen LogP contribution in [0.1, 0.15) is 15.4 Å². The SMILES string of the molecule is O=C(c1cccs1)N1CC[NH+](Cc2ccccn2)CC1. The van der Waals surface area contributed by atoms with E-state index in [4.69, 9.17) is 0 Å². The normalized spacial score (nSPS) is 16.3. The summed E-state index contributed by atoms with van der Waals surface area (Å²) in [5.41, 5.74) is 1.13. The van der Waals surface area contributed by atoms with Crippen molar-refractivity contribution in [3.8, 4) is 0 Å². The number of hydrogen-bond donors (Lipinski definition) is 1. The molecule has 1 saturated heterocycles. The molecule has 0 saturated carbocycles. The van der Waals surface area contributed by atoms with Crippen molar-refractivity contribution in [1.29, 1.82) is 0 Å². The molecule has 1 amide bonds. The van der Waals surface area contributed by atoms with Gasteiger partial charge in [0.2, 0.25) is 0 Å². The van der Waals surface area contributed by atoms with Crippen LogP contribution >= 0.6 is 11.3 Å². The molecule has 0 atom stereocenters. The Morgan fingerprint density at radius 3 is 2.75 bits per heavy atom. The molecule has 0 spiro atoms. The summed E-state index contributed by atoms with van der Waals surface area (Å²) in [5.74, 6) is 0.178. The van der Waals surface area contributed by atoms with Gasteiger partial charge in [-0.2, -0.15) is 0 Å². The fourth-order valence-electron chi connectivity index (χ4n) is 2.52. The first-order valence-corrected chi connectivity index (χ1v) is 7.77. The molecular weight excluding hydrogens is 270 g/mol. The fraction of sp³-hybridized carbons (Fsp3) is 0.333. The van der Waals surface area contributed by atoms with Crippen molar-refractivity contribution >= 4 is 17.2 Å². The summed E-state index contributed by atoms with van der Waals surface area (Å²) in [7, 11) is 0. The molecule has 0 bridgehead atoms. The molecule has 2 aromatic heterocycles. The number of piperazine rings is 1. The zero-order valence-corrected chi connectivity index (χ0v) is 12.1. The Kier molecular flexibility index (Phi) is 4.08. The van der Waals surface area contributed by atoms with Crippen molar-refractivity contribution in [2.24, 2.45) is 0 Å². The second-order valence-electron chi connectivity index (χ2n) is 5.02. The maximum atomic E-state index is 12.2. The van der Waals surface area contributed by atoms with Gasteiger partial charge in [0, 0.05) is 6.20 Å². The Bertz CT molecular complexity index is 548. The van der Waals surface area contributed by atoms with Gasteiger partial charge in [-0.25, -0.2) is 0 Å². The van der Waals surface area contributed by atoms with E-state index in [1.807, 2.05) is 40.7 Å². The van der Waals surface area contributed by atoms with Crippen molar-refractivity contribution in [2.75, 3.05) is 26.2 Å². The predicted octanol–water partition coefficient (Wildman–Crippen LogP) is 0.684. The molecular formula is C15H18N3OS+. The second kappa shape index (κ2) is 6.15. The molecule has 20 heavy (non-hydrogen) atoms. The first kappa shape index (κ1) is 13.3. The maximum Gasteiger partial charge on any atom is 0.264 e. The Balaban J connectivity index is 1.53. The van der Waals surface area contributed by atoms with E-state index in [1.54, 1.807) is 0 Å². The number of quaternary nitrogens is 1. The van der Waals surface area contributed by atoms with E-state index in [0.717, 1.165) is 43.3 Å². The molecule has 2 aromatic rings. The number of pyridine rings is 1. The number of nitrogens with one attached hydrogen (secondary N) is 1. The van der Waals surface area contributed by atoms with Gasteiger partial charge in [-0.05, 0) is 23.6 Å². The first-order valence-electron chi connectivity index (χ1n) is 6.89. The smallest absolute Gasteiger partial charge is 0.264 e. The largest absolute Gasteiger partial charge is 0.327 e. The monoisotopic (exact) mass is 288 g/mol. The van der Waals surface area contributed by atoms with Crippen molar-refractivity contribution in [1.82, 2.24) is 9.88 Å². The lowest BCUT2D eigenvalue weighted by Crippen LogP contribution is -3.13. The molecule has 3 heterocycles. The van der Waals surface area contributed by atoms with Crippen molar-refractivity contribution in [2.45, 2.75) is 6.54 Å². The number of hydrogen-bond acceptors (Lipinski definition) is 3. The summed E-state index contributed by atoms with van der Waals surface area (Å²) < 4.78 is 0. The van der Waals surface area contributed by atoms with Gasteiger partial charge >= 0.3 is 0 Å². The minimum absolute atomic E-state index is 0.178. The number of thiophene rings is 1. The van der Waals surface area contributed by atoms with Crippen LogP contribution in [0.2, 0.25) is 0 Å². The Morgan fingerprint density at radius 2 is 2.10 bits per heavy atom.